The van der Waals surface area contributed by atoms with Crippen LogP contribution in [-0.4, -0.2) is 58.6 Å². The Morgan fingerprint density at radius 3 is 0.828 bits per heavy atom. The molecule has 9 heterocycles. The highest BCUT2D eigenvalue weighted by molar-refractivity contribution is 6.30. The molecule has 0 atom stereocenters. The first kappa shape index (κ1) is 78.0. The van der Waals surface area contributed by atoms with Crippen molar-refractivity contribution in [3.05, 3.63) is 434 Å². The van der Waals surface area contributed by atoms with Gasteiger partial charge in [0, 0.05) is 100 Å². The number of fused-ring (bicyclic) bond motifs is 32. The van der Waals surface area contributed by atoms with E-state index in [2.05, 4.69) is 389 Å². The van der Waals surface area contributed by atoms with Crippen molar-refractivity contribution >= 4 is 120 Å². The van der Waals surface area contributed by atoms with Gasteiger partial charge < -0.3 is 0 Å². The van der Waals surface area contributed by atoms with Crippen molar-refractivity contribution in [1.29, 1.82) is 0 Å². The number of benzene rings is 16. The number of pyridine rings is 3. The highest BCUT2D eigenvalue weighted by Crippen LogP contribution is 2.60. The second-order valence-corrected chi connectivity index (χ2v) is 37.0. The van der Waals surface area contributed by atoms with E-state index in [0.29, 0.717) is 17.8 Å². The molecule has 0 radical (unpaired) electrons. The minimum absolute atomic E-state index is 0.237. The molecule has 28 rings (SSSR count). The molecular weight excluding hydrogens is 1630 g/mol. The monoisotopic (exact) mass is 1720 g/mol. The number of nitrogens with zero attached hydrogens (tertiary/aromatic N) is 12. The van der Waals surface area contributed by atoms with Gasteiger partial charge in [-0.25, -0.2) is 44.9 Å². The molecule has 0 saturated heterocycles. The summed E-state index contributed by atoms with van der Waals surface area (Å²) in [5.74, 6) is 1.88. The van der Waals surface area contributed by atoms with Crippen molar-refractivity contribution < 1.29 is 0 Å². The number of hydrogen-bond acceptors (Lipinski definition) is 9. The predicted octanol–water partition coefficient (Wildman–Crippen LogP) is 29.9. The summed E-state index contributed by atoms with van der Waals surface area (Å²) in [4.78, 5) is 46.9. The minimum Gasteiger partial charge on any atom is -0.261 e. The molecule has 25 aromatic rings. The van der Waals surface area contributed by atoms with Gasteiger partial charge in [0.15, 0.2) is 0 Å². The second-order valence-electron chi connectivity index (χ2n) is 37.0. The normalized spacial score (nSPS) is 13.5. The molecule has 16 aromatic carbocycles. The quantitative estimate of drug-likeness (QED) is 0.146. The van der Waals surface area contributed by atoms with Gasteiger partial charge in [-0.15, -0.1) is 0 Å². The van der Waals surface area contributed by atoms with Crippen molar-refractivity contribution in [1.82, 2.24) is 58.6 Å². The lowest BCUT2D eigenvalue weighted by Crippen LogP contribution is -2.17. The van der Waals surface area contributed by atoms with Crippen LogP contribution in [0.25, 0.3) is 227 Å². The Kier molecular flexibility index (Phi) is 17.5. The van der Waals surface area contributed by atoms with Crippen molar-refractivity contribution in [2.75, 3.05) is 0 Å². The predicted molar refractivity (Wildman–Crippen MR) is 550 cm³/mol. The SMILES string of the molecule is CC1(C)c2ccccc2-c2c1c1c(c3ccccc23)c2cccnc2n1-c1nc(-c2ccc(-c3ccccc3)cc2)c2ccccc2n1.CC1(C)c2ccccc2-c2c1c1c(c3ccccc23)c2cccnc2n1-c1nc(-c2ccccc2)c2ccccc2n1.CC1(C)c2ccccc2-c2c1c1c(c3ccccc23)c2cccnc2n1-c1nc(-c2ccccc2)cc(-c2ccccc2)n1. The number of aromatic nitrogens is 12. The molecule has 0 spiro atoms. The Morgan fingerprint density at radius 2 is 0.470 bits per heavy atom. The highest BCUT2D eigenvalue weighted by atomic mass is 15.2. The minimum atomic E-state index is -0.257. The van der Waals surface area contributed by atoms with Gasteiger partial charge in [0.25, 0.3) is 0 Å². The smallest absolute Gasteiger partial charge is 0.237 e. The van der Waals surface area contributed by atoms with Gasteiger partial charge in [-0.1, -0.05) is 369 Å². The Morgan fingerprint density at radius 1 is 0.209 bits per heavy atom. The molecule has 134 heavy (non-hydrogen) atoms. The van der Waals surface area contributed by atoms with E-state index >= 15 is 0 Å². The van der Waals surface area contributed by atoms with E-state index in [9.17, 15) is 0 Å². The summed E-state index contributed by atoms with van der Waals surface area (Å²) >= 11 is 0. The van der Waals surface area contributed by atoms with E-state index in [1.54, 1.807) is 0 Å². The van der Waals surface area contributed by atoms with E-state index < -0.39 is 0 Å². The van der Waals surface area contributed by atoms with Crippen LogP contribution in [0.2, 0.25) is 0 Å². The van der Waals surface area contributed by atoms with Gasteiger partial charge in [-0.2, -0.15) is 0 Å². The molecule has 3 aliphatic rings. The average Bonchev–Trinajstić information content (AvgIpc) is 1.53. The summed E-state index contributed by atoms with van der Waals surface area (Å²) in [6.07, 6.45) is 5.63. The maximum absolute atomic E-state index is 5.43. The zero-order valence-electron chi connectivity index (χ0n) is 74.5. The average molecular weight is 1720 g/mol. The van der Waals surface area contributed by atoms with E-state index in [-0.39, 0.29) is 16.2 Å². The first-order valence-corrected chi connectivity index (χ1v) is 45.9. The molecule has 0 bridgehead atoms. The number of hydrogen-bond donors (Lipinski definition) is 0. The van der Waals surface area contributed by atoms with Crippen LogP contribution in [0.1, 0.15) is 74.9 Å². The van der Waals surface area contributed by atoms with Crippen LogP contribution >= 0.6 is 0 Å². The Hall–Kier alpha value is -17.1. The van der Waals surface area contributed by atoms with Crippen LogP contribution in [-0.2, 0) is 16.2 Å². The molecule has 0 N–H and O–H groups in total. The third-order valence-electron chi connectivity index (χ3n) is 28.5. The van der Waals surface area contributed by atoms with Gasteiger partial charge in [-0.05, 0) is 165 Å². The highest BCUT2D eigenvalue weighted by Gasteiger charge is 2.45. The summed E-state index contributed by atoms with van der Waals surface area (Å²) in [7, 11) is 0. The molecule has 0 amide bonds. The molecule has 0 unspecified atom stereocenters. The largest absolute Gasteiger partial charge is 0.261 e. The molecule has 0 fully saturated rings. The lowest BCUT2D eigenvalue weighted by atomic mass is 9.80. The molecule has 0 saturated carbocycles. The zero-order chi connectivity index (χ0) is 89.4. The van der Waals surface area contributed by atoms with Crippen LogP contribution in [0, 0.1) is 0 Å². The fourth-order valence-corrected chi connectivity index (χ4v) is 22.6. The zero-order valence-corrected chi connectivity index (χ0v) is 74.5. The third kappa shape index (κ3) is 11.6. The van der Waals surface area contributed by atoms with E-state index in [1.807, 2.05) is 67.1 Å². The van der Waals surface area contributed by atoms with Crippen molar-refractivity contribution in [3.8, 4) is 107 Å². The Bertz CT molecular complexity index is 9150. The van der Waals surface area contributed by atoms with Gasteiger partial charge in [0.1, 0.15) is 16.9 Å². The van der Waals surface area contributed by atoms with Gasteiger partial charge >= 0.3 is 0 Å². The molecular formula is C122H84N12. The molecule has 632 valence electrons. The number of para-hydroxylation sites is 2. The number of rotatable bonds is 8. The van der Waals surface area contributed by atoms with Crippen LogP contribution in [0.15, 0.2) is 401 Å². The lowest BCUT2D eigenvalue weighted by Gasteiger charge is -2.24. The standard InChI is InChI=1S/C44H30N4.C40H28N4.C38H26N4/c1-44(2)35-20-10-8-17-32(35)37-30-15-6-7-16-31(30)38-34-19-12-26-45-42(34)48(41(38)39(37)44)43-46-36-21-11-9-18-33(36)40(47-43)29-24-22-28(23-25-29)27-13-4-3-5-14-27;1-40(2)31-22-12-11-20-29(31)34-27-18-9-10-19-28(27)35-30-21-13-23-41-38(30)44(37(35)36(34)40)39-42-32(25-14-5-3-6-15-25)24-33(43-39)26-16-7-4-8-17-26;1-38(2)29-20-10-8-17-26(29)31-24-15-6-7-16-25(24)32-28-19-12-22-39-36(28)42(35(32)33(31)38)37-40-30-21-11-9-18-27(30)34(41-37)23-13-4-3-5-14-23/h3-26H,1-2H3;3-24H,1-2H3;3-22H,1-2H3. The van der Waals surface area contributed by atoms with E-state index in [4.69, 9.17) is 44.9 Å². The van der Waals surface area contributed by atoms with Gasteiger partial charge in [-0.3, -0.25) is 13.7 Å². The second kappa shape index (κ2) is 30.0. The van der Waals surface area contributed by atoms with Crippen LogP contribution in [0.4, 0.5) is 0 Å². The Labute approximate surface area is 772 Å². The first-order chi connectivity index (χ1) is 65.8. The maximum Gasteiger partial charge on any atom is 0.237 e. The third-order valence-corrected chi connectivity index (χ3v) is 28.5. The molecule has 9 aromatic heterocycles. The summed E-state index contributed by atoms with van der Waals surface area (Å²) in [6.45, 7) is 14.1. The maximum atomic E-state index is 5.43. The van der Waals surface area contributed by atoms with Gasteiger partial charge in [0.05, 0.1) is 50.4 Å². The topological polar surface area (TPSA) is 131 Å². The van der Waals surface area contributed by atoms with Crippen molar-refractivity contribution in [3.63, 3.8) is 0 Å². The molecule has 12 heteroatoms. The molecule has 0 aliphatic heterocycles. The van der Waals surface area contributed by atoms with Crippen LogP contribution < -0.4 is 0 Å². The van der Waals surface area contributed by atoms with E-state index in [1.165, 1.54) is 126 Å². The fourth-order valence-electron chi connectivity index (χ4n) is 22.6. The fraction of sp³-hybridized carbons (Fsp3) is 0.0738. The van der Waals surface area contributed by atoms with E-state index in [0.717, 1.165) is 116 Å². The lowest BCUT2D eigenvalue weighted by molar-refractivity contribution is 0.663. The summed E-state index contributed by atoms with van der Waals surface area (Å²) in [5, 5.41) is 16.4. The van der Waals surface area contributed by atoms with Crippen molar-refractivity contribution in [2.24, 2.45) is 0 Å². The molecule has 3 aliphatic carbocycles. The summed E-state index contributed by atoms with van der Waals surface area (Å²) < 4.78 is 6.68. The molecule has 12 nitrogen and oxygen atoms in total. The Balaban J connectivity index is 0.000000105. The van der Waals surface area contributed by atoms with Crippen molar-refractivity contribution in [2.45, 2.75) is 57.8 Å². The first-order valence-electron chi connectivity index (χ1n) is 45.9. The van der Waals surface area contributed by atoms with Gasteiger partial charge in [0.2, 0.25) is 17.8 Å². The summed E-state index contributed by atoms with van der Waals surface area (Å²) in [5.41, 5.74) is 32.8. The van der Waals surface area contributed by atoms with Crippen LogP contribution in [0.5, 0.6) is 0 Å². The van der Waals surface area contributed by atoms with Crippen LogP contribution in [0.3, 0.4) is 0 Å². The summed E-state index contributed by atoms with van der Waals surface area (Å²) in [6, 6.07) is 135.